The largest absolute Gasteiger partial charge is 0.353 e. The zero-order valence-electron chi connectivity index (χ0n) is 13.0. The summed E-state index contributed by atoms with van der Waals surface area (Å²) in [6.07, 6.45) is 0.831. The first-order valence-corrected chi connectivity index (χ1v) is 7.12. The number of hydrogen-bond donors (Lipinski definition) is 1. The highest BCUT2D eigenvalue weighted by molar-refractivity contribution is 4.73. The van der Waals surface area contributed by atoms with Gasteiger partial charge in [0.15, 0.2) is 6.29 Å². The van der Waals surface area contributed by atoms with Gasteiger partial charge in [0, 0.05) is 38.8 Å². The number of nitrogens with zero attached hydrogens (tertiary/aromatic N) is 1. The Balaban J connectivity index is 3.94. The van der Waals surface area contributed by atoms with Gasteiger partial charge < -0.3 is 19.7 Å². The van der Waals surface area contributed by atoms with Crippen molar-refractivity contribution in [1.29, 1.82) is 0 Å². The molecule has 0 aliphatic carbocycles. The Bertz CT molecular complexity index is 181. The molecule has 0 heterocycles. The third-order valence-corrected chi connectivity index (χ3v) is 2.86. The molecule has 1 N–H and O–H groups in total. The van der Waals surface area contributed by atoms with Crippen molar-refractivity contribution >= 4 is 0 Å². The minimum atomic E-state index is -0.0698. The van der Waals surface area contributed by atoms with Gasteiger partial charge in [0.2, 0.25) is 0 Å². The Morgan fingerprint density at radius 2 is 1.61 bits per heavy atom. The molecule has 0 spiro atoms. The van der Waals surface area contributed by atoms with Crippen LogP contribution in [0.1, 0.15) is 34.1 Å². The Labute approximate surface area is 113 Å². The fourth-order valence-corrected chi connectivity index (χ4v) is 1.88. The summed E-state index contributed by atoms with van der Waals surface area (Å²) in [5, 5.41) is 3.60. The van der Waals surface area contributed by atoms with Crippen molar-refractivity contribution in [1.82, 2.24) is 10.2 Å². The topological polar surface area (TPSA) is 33.7 Å². The first-order valence-electron chi connectivity index (χ1n) is 7.12. The molecule has 0 saturated heterocycles. The lowest BCUT2D eigenvalue weighted by atomic mass is 10.0. The standard InChI is InChI=1S/C14H32N2O2/c1-7-17-14(18-8-2)9-10-15-13(12(3)4)11-16(5)6/h12-15H,7-11H2,1-6H3. The van der Waals surface area contributed by atoms with Crippen molar-refractivity contribution in [3.63, 3.8) is 0 Å². The van der Waals surface area contributed by atoms with Gasteiger partial charge in [-0.15, -0.1) is 0 Å². The van der Waals surface area contributed by atoms with Crippen molar-refractivity contribution in [3.05, 3.63) is 0 Å². The summed E-state index contributed by atoms with van der Waals surface area (Å²) in [7, 11) is 4.22. The number of ether oxygens (including phenoxy) is 2. The van der Waals surface area contributed by atoms with Gasteiger partial charge >= 0.3 is 0 Å². The lowest BCUT2D eigenvalue weighted by molar-refractivity contribution is -0.138. The van der Waals surface area contributed by atoms with Gasteiger partial charge in [-0.1, -0.05) is 13.8 Å². The molecule has 0 amide bonds. The Hall–Kier alpha value is -0.160. The van der Waals surface area contributed by atoms with Crippen LogP contribution in [0.5, 0.6) is 0 Å². The average molecular weight is 260 g/mol. The fourth-order valence-electron chi connectivity index (χ4n) is 1.88. The highest BCUT2D eigenvalue weighted by atomic mass is 16.7. The Morgan fingerprint density at radius 1 is 1.06 bits per heavy atom. The van der Waals surface area contributed by atoms with E-state index in [1.807, 2.05) is 13.8 Å². The van der Waals surface area contributed by atoms with Crippen LogP contribution in [0, 0.1) is 5.92 Å². The summed E-state index contributed by atoms with van der Waals surface area (Å²) in [4.78, 5) is 2.22. The van der Waals surface area contributed by atoms with Crippen molar-refractivity contribution in [2.75, 3.05) is 40.4 Å². The van der Waals surface area contributed by atoms with Crippen LogP contribution < -0.4 is 5.32 Å². The minimum absolute atomic E-state index is 0.0698. The second kappa shape index (κ2) is 10.7. The molecule has 0 rings (SSSR count). The van der Waals surface area contributed by atoms with Crippen molar-refractivity contribution in [2.24, 2.45) is 5.92 Å². The highest BCUT2D eigenvalue weighted by Gasteiger charge is 2.15. The monoisotopic (exact) mass is 260 g/mol. The van der Waals surface area contributed by atoms with E-state index in [1.165, 1.54) is 0 Å². The molecule has 1 atom stereocenters. The predicted molar refractivity (Wildman–Crippen MR) is 76.8 cm³/mol. The van der Waals surface area contributed by atoms with E-state index in [0.29, 0.717) is 25.2 Å². The first-order chi connectivity index (χ1) is 8.51. The van der Waals surface area contributed by atoms with Crippen LogP contribution in [-0.2, 0) is 9.47 Å². The Kier molecular flexibility index (Phi) is 10.6. The summed E-state index contributed by atoms with van der Waals surface area (Å²) in [5.41, 5.74) is 0. The molecular weight excluding hydrogens is 228 g/mol. The predicted octanol–water partition coefficient (Wildman–Crippen LogP) is 1.95. The average Bonchev–Trinajstić information content (AvgIpc) is 2.27. The molecule has 4 heteroatoms. The van der Waals surface area contributed by atoms with Gasteiger partial charge in [-0.05, 0) is 33.9 Å². The lowest BCUT2D eigenvalue weighted by Crippen LogP contribution is -2.43. The van der Waals surface area contributed by atoms with E-state index in [1.54, 1.807) is 0 Å². The maximum atomic E-state index is 5.53. The van der Waals surface area contributed by atoms with E-state index >= 15 is 0 Å². The molecule has 0 fully saturated rings. The van der Waals surface area contributed by atoms with E-state index in [-0.39, 0.29) is 6.29 Å². The molecule has 0 aliphatic heterocycles. The third kappa shape index (κ3) is 8.86. The zero-order chi connectivity index (χ0) is 14.0. The Morgan fingerprint density at radius 3 is 2.00 bits per heavy atom. The van der Waals surface area contributed by atoms with E-state index < -0.39 is 0 Å². The smallest absolute Gasteiger partial charge is 0.158 e. The molecule has 0 aromatic heterocycles. The van der Waals surface area contributed by atoms with Crippen LogP contribution in [0.2, 0.25) is 0 Å². The van der Waals surface area contributed by atoms with E-state index in [4.69, 9.17) is 9.47 Å². The summed E-state index contributed by atoms with van der Waals surface area (Å²) in [6, 6.07) is 0.518. The fraction of sp³-hybridized carbons (Fsp3) is 1.00. The maximum absolute atomic E-state index is 5.53. The SMILES string of the molecule is CCOC(CCNC(CN(C)C)C(C)C)OCC. The van der Waals surface area contributed by atoms with Crippen LogP contribution in [0.25, 0.3) is 0 Å². The number of likely N-dealkylation sites (N-methyl/N-ethyl adjacent to an activating group) is 1. The molecule has 4 nitrogen and oxygen atoms in total. The van der Waals surface area contributed by atoms with Crippen LogP contribution in [0.4, 0.5) is 0 Å². The minimum Gasteiger partial charge on any atom is -0.353 e. The molecule has 0 radical (unpaired) electrons. The normalized spacial score (nSPS) is 13.8. The molecule has 0 saturated carbocycles. The van der Waals surface area contributed by atoms with Gasteiger partial charge in [-0.2, -0.15) is 0 Å². The number of nitrogens with one attached hydrogen (secondary N) is 1. The maximum Gasteiger partial charge on any atom is 0.158 e. The summed E-state index contributed by atoms with van der Waals surface area (Å²) in [6.45, 7) is 11.9. The molecule has 0 aliphatic rings. The highest BCUT2D eigenvalue weighted by Crippen LogP contribution is 2.05. The van der Waals surface area contributed by atoms with E-state index in [2.05, 4.69) is 38.2 Å². The van der Waals surface area contributed by atoms with Crippen molar-refractivity contribution in [3.8, 4) is 0 Å². The number of hydrogen-bond acceptors (Lipinski definition) is 4. The van der Waals surface area contributed by atoms with Crippen LogP contribution in [-0.4, -0.2) is 57.6 Å². The molecular formula is C14H32N2O2. The van der Waals surface area contributed by atoms with Crippen molar-refractivity contribution < 1.29 is 9.47 Å². The van der Waals surface area contributed by atoms with Crippen molar-refractivity contribution in [2.45, 2.75) is 46.4 Å². The second-order valence-corrected chi connectivity index (χ2v) is 5.20. The molecule has 0 aromatic rings. The second-order valence-electron chi connectivity index (χ2n) is 5.20. The van der Waals surface area contributed by atoms with Gasteiger partial charge in [0.1, 0.15) is 0 Å². The van der Waals surface area contributed by atoms with Gasteiger partial charge in [-0.25, -0.2) is 0 Å². The van der Waals surface area contributed by atoms with E-state index in [0.717, 1.165) is 19.5 Å². The zero-order valence-corrected chi connectivity index (χ0v) is 13.0. The van der Waals surface area contributed by atoms with Crippen LogP contribution in [0.15, 0.2) is 0 Å². The quantitative estimate of drug-likeness (QED) is 0.576. The molecule has 1 unspecified atom stereocenters. The first kappa shape index (κ1) is 17.8. The molecule has 0 aromatic carbocycles. The summed E-state index contributed by atoms with van der Waals surface area (Å²) < 4.78 is 11.1. The van der Waals surface area contributed by atoms with Gasteiger partial charge in [0.25, 0.3) is 0 Å². The number of rotatable bonds is 11. The molecule has 110 valence electrons. The summed E-state index contributed by atoms with van der Waals surface area (Å²) in [5.74, 6) is 0.630. The molecule has 18 heavy (non-hydrogen) atoms. The lowest BCUT2D eigenvalue weighted by Gasteiger charge is -2.26. The third-order valence-electron chi connectivity index (χ3n) is 2.86. The van der Waals surface area contributed by atoms with Gasteiger partial charge in [-0.3, -0.25) is 0 Å². The van der Waals surface area contributed by atoms with Crippen LogP contribution in [0.3, 0.4) is 0 Å². The van der Waals surface area contributed by atoms with Gasteiger partial charge in [0.05, 0.1) is 0 Å². The van der Waals surface area contributed by atoms with E-state index in [9.17, 15) is 0 Å². The van der Waals surface area contributed by atoms with Crippen LogP contribution >= 0.6 is 0 Å². The molecule has 0 bridgehead atoms. The summed E-state index contributed by atoms with van der Waals surface area (Å²) >= 11 is 0.